The van der Waals surface area contributed by atoms with Crippen LogP contribution in [0.3, 0.4) is 0 Å². The minimum atomic E-state index is -1.84. The maximum Gasteiger partial charge on any atom is 0.707 e. The predicted octanol–water partition coefficient (Wildman–Crippen LogP) is 1.44. The number of aromatic nitrogens is 1. The third-order valence-corrected chi connectivity index (χ3v) is 4.18. The van der Waals surface area contributed by atoms with E-state index in [2.05, 4.69) is 4.98 Å². The van der Waals surface area contributed by atoms with Crippen LogP contribution in [0.25, 0.3) is 0 Å². The van der Waals surface area contributed by atoms with E-state index in [0.717, 1.165) is 11.6 Å². The molecule has 0 atom stereocenters. The Hall–Kier alpha value is -0.775. The molecule has 0 saturated heterocycles. The molecular weight excluding hydrogens is 240 g/mol. The zero-order chi connectivity index (χ0) is 12.2. The van der Waals surface area contributed by atoms with E-state index < -0.39 is 7.32 Å². The third kappa shape index (κ3) is 1.65. The molecule has 2 N–H and O–H groups in total. The number of rotatable bonds is 3. The molecule has 2 bridgehead atoms. The zero-order valence-corrected chi connectivity index (χ0v) is 10.2. The van der Waals surface area contributed by atoms with Gasteiger partial charge in [0.25, 0.3) is 0 Å². The maximum atomic E-state index is 8.78. The summed E-state index contributed by atoms with van der Waals surface area (Å²) in [5, 5.41) is 18.1. The Morgan fingerprint density at radius 3 is 2.59 bits per heavy atom. The van der Waals surface area contributed by atoms with Gasteiger partial charge in [-0.1, -0.05) is 11.6 Å². The predicted molar refractivity (Wildman–Crippen MR) is 63.8 cm³/mol. The first-order chi connectivity index (χ1) is 8.00. The molecule has 4 nitrogen and oxygen atoms in total. The van der Waals surface area contributed by atoms with Gasteiger partial charge in [0.15, 0.2) is 0 Å². The van der Waals surface area contributed by atoms with Crippen molar-refractivity contribution in [3.05, 3.63) is 22.5 Å². The Bertz CT molecular complexity index is 463. The molecule has 0 unspecified atom stereocenters. The van der Waals surface area contributed by atoms with Crippen molar-refractivity contribution >= 4 is 18.9 Å². The highest BCUT2D eigenvalue weighted by Crippen LogP contribution is 2.65. The molecule has 0 amide bonds. The summed E-state index contributed by atoms with van der Waals surface area (Å²) < 4.78 is 4.82. The second-order valence-electron chi connectivity index (χ2n) is 5.11. The largest absolute Gasteiger partial charge is 0.707 e. The van der Waals surface area contributed by atoms with Gasteiger partial charge in [-0.3, -0.25) is 4.98 Å². The Morgan fingerprint density at radius 1 is 1.47 bits per heavy atom. The van der Waals surface area contributed by atoms with Crippen molar-refractivity contribution < 1.29 is 14.7 Å². The second-order valence-corrected chi connectivity index (χ2v) is 5.51. The normalized spacial score (nSPS) is 29.3. The smallest absolute Gasteiger partial charge is 0.510 e. The van der Waals surface area contributed by atoms with E-state index in [4.69, 9.17) is 26.3 Å². The van der Waals surface area contributed by atoms with E-state index in [0.29, 0.717) is 16.5 Å². The van der Waals surface area contributed by atoms with Gasteiger partial charge in [0.1, 0.15) is 5.75 Å². The van der Waals surface area contributed by atoms with Crippen LogP contribution >= 0.6 is 11.6 Å². The van der Waals surface area contributed by atoms with Crippen molar-refractivity contribution in [1.29, 1.82) is 0 Å². The summed E-state index contributed by atoms with van der Waals surface area (Å²) in [5.41, 5.74) is 1.78. The van der Waals surface area contributed by atoms with Gasteiger partial charge in [-0.2, -0.15) is 0 Å². The Labute approximate surface area is 105 Å². The highest BCUT2D eigenvalue weighted by Gasteiger charge is 2.59. The summed E-state index contributed by atoms with van der Waals surface area (Å²) >= 11 is 6.20. The molecular formula is C11H13BClNO3. The lowest BCUT2D eigenvalue weighted by molar-refractivity contribution is -0.0309. The highest BCUT2D eigenvalue weighted by molar-refractivity contribution is 6.34. The van der Waals surface area contributed by atoms with Gasteiger partial charge in [0.2, 0.25) is 0 Å². The quantitative estimate of drug-likeness (QED) is 0.800. The summed E-state index contributed by atoms with van der Waals surface area (Å²) in [7, 11) is -1.84. The fourth-order valence-corrected chi connectivity index (χ4v) is 3.28. The molecule has 0 aromatic carbocycles. The van der Waals surface area contributed by atoms with Crippen molar-refractivity contribution in [3.63, 3.8) is 0 Å². The van der Waals surface area contributed by atoms with Crippen LogP contribution in [0, 0.1) is 12.8 Å². The first-order valence-electron chi connectivity index (χ1n) is 5.71. The number of nitrogens with zero attached hydrogens (tertiary/aromatic N) is 1. The molecule has 17 heavy (non-hydrogen) atoms. The van der Waals surface area contributed by atoms with Gasteiger partial charge in [-0.25, -0.2) is 0 Å². The van der Waals surface area contributed by atoms with Gasteiger partial charge in [-0.15, -0.1) is 0 Å². The van der Waals surface area contributed by atoms with Crippen LogP contribution in [-0.4, -0.2) is 22.4 Å². The summed E-state index contributed by atoms with van der Waals surface area (Å²) in [6.07, 6.45) is 3.55. The summed E-state index contributed by atoms with van der Waals surface area (Å²) in [4.78, 5) is 4.48. The van der Waals surface area contributed by atoms with Crippen molar-refractivity contribution in [1.82, 2.24) is 4.98 Å². The molecule has 6 heteroatoms. The lowest BCUT2D eigenvalue weighted by atomic mass is 9.43. The molecule has 90 valence electrons. The molecule has 1 aromatic rings. The van der Waals surface area contributed by atoms with Gasteiger partial charge < -0.3 is 14.7 Å². The van der Waals surface area contributed by atoms with E-state index in [1.54, 1.807) is 13.0 Å². The van der Waals surface area contributed by atoms with E-state index in [-0.39, 0.29) is 5.41 Å². The zero-order valence-electron chi connectivity index (χ0n) is 9.48. The third-order valence-electron chi connectivity index (χ3n) is 3.89. The molecule has 0 radical (unpaired) electrons. The van der Waals surface area contributed by atoms with E-state index in [1.165, 1.54) is 19.3 Å². The van der Waals surface area contributed by atoms with Gasteiger partial charge in [0, 0.05) is 11.5 Å². The minimum Gasteiger partial charge on any atom is -0.510 e. The molecule has 0 spiro atoms. The highest BCUT2D eigenvalue weighted by atomic mass is 35.5. The first kappa shape index (κ1) is 11.3. The standard InChI is InChI=1S/C11H13BClNO3/c1-6-9(17-12(15)16)2-8(13)10(14-6)11-3-7(4-11)5-11/h2,7,15-16H,3-5H2,1H3. The van der Waals surface area contributed by atoms with Gasteiger partial charge in [-0.05, 0) is 32.1 Å². The Morgan fingerprint density at radius 2 is 2.12 bits per heavy atom. The molecule has 3 aliphatic rings. The Kier molecular flexibility index (Phi) is 2.40. The van der Waals surface area contributed by atoms with Gasteiger partial charge >= 0.3 is 7.32 Å². The van der Waals surface area contributed by atoms with Gasteiger partial charge in [0.05, 0.1) is 16.4 Å². The minimum absolute atomic E-state index is 0.197. The van der Waals surface area contributed by atoms with Crippen LogP contribution in [0.15, 0.2) is 6.07 Å². The molecule has 3 fully saturated rings. The molecule has 1 heterocycles. The van der Waals surface area contributed by atoms with E-state index in [1.807, 2.05) is 0 Å². The SMILES string of the molecule is Cc1nc(C23CC(C2)C3)c(Cl)cc1OB(O)O. The summed E-state index contributed by atoms with van der Waals surface area (Å²) in [5.74, 6) is 1.18. The van der Waals surface area contributed by atoms with Crippen LogP contribution in [0.1, 0.15) is 30.7 Å². The van der Waals surface area contributed by atoms with Crippen LogP contribution in [0.5, 0.6) is 5.75 Å². The topological polar surface area (TPSA) is 62.6 Å². The van der Waals surface area contributed by atoms with Crippen molar-refractivity contribution in [2.24, 2.45) is 5.92 Å². The molecule has 3 saturated carbocycles. The average molecular weight is 253 g/mol. The van der Waals surface area contributed by atoms with Crippen LogP contribution in [0.4, 0.5) is 0 Å². The van der Waals surface area contributed by atoms with Crippen molar-refractivity contribution in [2.75, 3.05) is 0 Å². The van der Waals surface area contributed by atoms with Crippen molar-refractivity contribution in [2.45, 2.75) is 31.6 Å². The number of pyridine rings is 1. The molecule has 1 aromatic heterocycles. The number of hydrogen-bond donors (Lipinski definition) is 2. The van der Waals surface area contributed by atoms with E-state index in [9.17, 15) is 0 Å². The monoisotopic (exact) mass is 253 g/mol. The number of hydrogen-bond acceptors (Lipinski definition) is 4. The average Bonchev–Trinajstić information content (AvgIpc) is 2.07. The number of aryl methyl sites for hydroxylation is 1. The number of halogens is 1. The second kappa shape index (κ2) is 3.61. The molecule has 3 aliphatic carbocycles. The fraction of sp³-hybridized carbons (Fsp3) is 0.545. The lowest BCUT2D eigenvalue weighted by Crippen LogP contribution is -2.55. The summed E-state index contributed by atoms with van der Waals surface area (Å²) in [6.45, 7) is 1.78. The van der Waals surface area contributed by atoms with Crippen LogP contribution in [-0.2, 0) is 5.41 Å². The van der Waals surface area contributed by atoms with Crippen LogP contribution in [0.2, 0.25) is 5.02 Å². The fourth-order valence-electron chi connectivity index (χ4n) is 2.94. The Balaban J connectivity index is 1.94. The summed E-state index contributed by atoms with van der Waals surface area (Å²) in [6, 6.07) is 1.62. The maximum absolute atomic E-state index is 8.78. The van der Waals surface area contributed by atoms with Crippen molar-refractivity contribution in [3.8, 4) is 5.75 Å². The van der Waals surface area contributed by atoms with Crippen LogP contribution < -0.4 is 4.65 Å². The van der Waals surface area contributed by atoms with E-state index >= 15 is 0 Å². The lowest BCUT2D eigenvalue weighted by Gasteiger charge is -2.61. The molecule has 0 aliphatic heterocycles. The molecule has 4 rings (SSSR count). The first-order valence-corrected chi connectivity index (χ1v) is 6.08.